The highest BCUT2D eigenvalue weighted by atomic mass is 35.5. The summed E-state index contributed by atoms with van der Waals surface area (Å²) < 4.78 is 27.8. The van der Waals surface area contributed by atoms with Crippen LogP contribution in [0.5, 0.6) is 0 Å². The molecule has 6 nitrogen and oxygen atoms in total. The molecule has 3 rings (SSSR count). The maximum atomic E-state index is 12.8. The molecule has 0 saturated heterocycles. The Kier molecular flexibility index (Phi) is 7.68. The number of thiophene rings is 1. The predicted molar refractivity (Wildman–Crippen MR) is 129 cm³/mol. The van der Waals surface area contributed by atoms with Gasteiger partial charge in [-0.3, -0.25) is 10.1 Å². The second-order valence-corrected chi connectivity index (χ2v) is 11.2. The number of rotatable bonds is 9. The monoisotopic (exact) mass is 513 g/mol. The Bertz CT molecular complexity index is 1210. The van der Waals surface area contributed by atoms with E-state index in [0.29, 0.717) is 30.6 Å². The van der Waals surface area contributed by atoms with Gasteiger partial charge in [-0.2, -0.15) is 4.31 Å². The number of hydrogen-bond donors (Lipinski definition) is 1. The van der Waals surface area contributed by atoms with Gasteiger partial charge in [-0.05, 0) is 30.3 Å². The quantitative estimate of drug-likeness (QED) is 0.367. The van der Waals surface area contributed by atoms with E-state index < -0.39 is 15.9 Å². The fourth-order valence-electron chi connectivity index (χ4n) is 2.63. The lowest BCUT2D eigenvalue weighted by atomic mass is 10.2. The first-order valence-corrected chi connectivity index (χ1v) is 12.7. The number of halogens is 2. The van der Waals surface area contributed by atoms with Gasteiger partial charge in [-0.1, -0.05) is 35.4 Å². The van der Waals surface area contributed by atoms with E-state index in [2.05, 4.69) is 23.5 Å². The summed E-state index contributed by atoms with van der Waals surface area (Å²) >= 11 is 14.6. The van der Waals surface area contributed by atoms with Crippen LogP contribution in [0.25, 0.3) is 11.3 Å². The summed E-state index contributed by atoms with van der Waals surface area (Å²) in [5.74, 6) is -0.409. The first-order chi connectivity index (χ1) is 14.8. The van der Waals surface area contributed by atoms with Gasteiger partial charge in [-0.15, -0.1) is 35.8 Å². The molecule has 2 aromatic heterocycles. The number of sulfonamides is 1. The van der Waals surface area contributed by atoms with Crippen LogP contribution >= 0.6 is 45.9 Å². The highest BCUT2D eigenvalue weighted by Crippen LogP contribution is 2.39. The fourth-order valence-corrected chi connectivity index (χ4v) is 6.19. The number of amides is 1. The minimum Gasteiger partial charge on any atom is -0.298 e. The summed E-state index contributed by atoms with van der Waals surface area (Å²) in [6.45, 7) is 7.48. The Hall–Kier alpha value is -2.01. The number of hydrogen-bond acceptors (Lipinski definition) is 6. The van der Waals surface area contributed by atoms with E-state index >= 15 is 0 Å². The molecule has 3 aromatic rings. The van der Waals surface area contributed by atoms with Crippen molar-refractivity contribution < 1.29 is 13.2 Å². The van der Waals surface area contributed by atoms with Crippen molar-refractivity contribution in [2.75, 3.05) is 18.4 Å². The summed E-state index contributed by atoms with van der Waals surface area (Å²) in [5.41, 5.74) is 1.61. The van der Waals surface area contributed by atoms with Crippen molar-refractivity contribution in [3.63, 3.8) is 0 Å². The number of anilines is 1. The third-order valence-electron chi connectivity index (χ3n) is 4.08. The molecule has 0 radical (unpaired) electrons. The fraction of sp³-hybridized carbons (Fsp3) is 0.100. The average molecular weight is 514 g/mol. The zero-order valence-electron chi connectivity index (χ0n) is 16.0. The lowest BCUT2D eigenvalue weighted by Gasteiger charge is -2.19. The van der Waals surface area contributed by atoms with Gasteiger partial charge in [0.25, 0.3) is 5.91 Å². The van der Waals surface area contributed by atoms with Gasteiger partial charge in [0.05, 0.1) is 14.9 Å². The molecular formula is C20H17Cl2N3O3S3. The number of thiazole rings is 1. The Morgan fingerprint density at radius 2 is 1.81 bits per heavy atom. The Morgan fingerprint density at radius 1 is 1.16 bits per heavy atom. The standard InChI is InChI=1S/C20H17Cl2N3O3S3/c1-3-9-25(10-4-2)31(27,28)14-7-5-13(6-8-14)19(26)24-20-23-16(12-29-20)15-11-17(21)30-18(15)22/h3-8,11-12H,1-2,9-10H2,(H,23,24,26). The maximum Gasteiger partial charge on any atom is 0.257 e. The van der Waals surface area contributed by atoms with Gasteiger partial charge < -0.3 is 0 Å². The average Bonchev–Trinajstić information content (AvgIpc) is 3.33. The van der Waals surface area contributed by atoms with Crippen LogP contribution in [0.2, 0.25) is 8.67 Å². The normalized spacial score (nSPS) is 11.5. The van der Waals surface area contributed by atoms with Crippen molar-refractivity contribution in [1.29, 1.82) is 0 Å². The molecule has 0 unspecified atom stereocenters. The number of nitrogens with one attached hydrogen (secondary N) is 1. The van der Waals surface area contributed by atoms with Gasteiger partial charge in [-0.25, -0.2) is 13.4 Å². The zero-order valence-corrected chi connectivity index (χ0v) is 20.0. The SMILES string of the molecule is C=CCN(CC=C)S(=O)(=O)c1ccc(C(=O)Nc2nc(-c3cc(Cl)sc3Cl)cs2)cc1. The van der Waals surface area contributed by atoms with Crippen molar-refractivity contribution in [3.8, 4) is 11.3 Å². The van der Waals surface area contributed by atoms with E-state index in [4.69, 9.17) is 23.2 Å². The Morgan fingerprint density at radius 3 is 2.35 bits per heavy atom. The van der Waals surface area contributed by atoms with E-state index in [0.717, 1.165) is 0 Å². The second kappa shape index (κ2) is 10.1. The largest absolute Gasteiger partial charge is 0.298 e. The van der Waals surface area contributed by atoms with Crippen LogP contribution in [0.4, 0.5) is 5.13 Å². The zero-order chi connectivity index (χ0) is 22.6. The van der Waals surface area contributed by atoms with Crippen molar-refractivity contribution in [2.24, 2.45) is 0 Å². The minimum atomic E-state index is -3.73. The second-order valence-electron chi connectivity index (χ2n) is 6.15. The number of aromatic nitrogens is 1. The van der Waals surface area contributed by atoms with Crippen molar-refractivity contribution in [3.05, 3.63) is 75.3 Å². The van der Waals surface area contributed by atoms with Crippen molar-refractivity contribution in [2.45, 2.75) is 4.90 Å². The Balaban J connectivity index is 1.74. The Labute approximate surface area is 198 Å². The first-order valence-electron chi connectivity index (χ1n) is 8.80. The van der Waals surface area contributed by atoms with Crippen LogP contribution in [0.1, 0.15) is 10.4 Å². The van der Waals surface area contributed by atoms with Crippen LogP contribution < -0.4 is 5.32 Å². The van der Waals surface area contributed by atoms with Gasteiger partial charge in [0, 0.05) is 29.6 Å². The van der Waals surface area contributed by atoms with Crippen molar-refractivity contribution in [1.82, 2.24) is 9.29 Å². The molecule has 1 N–H and O–H groups in total. The van der Waals surface area contributed by atoms with E-state index in [1.165, 1.54) is 63.4 Å². The topological polar surface area (TPSA) is 79.4 Å². The minimum absolute atomic E-state index is 0.0771. The molecule has 1 aromatic carbocycles. The molecular weight excluding hydrogens is 497 g/mol. The molecule has 11 heteroatoms. The molecule has 0 saturated carbocycles. The van der Waals surface area contributed by atoms with Gasteiger partial charge in [0.15, 0.2) is 5.13 Å². The molecule has 0 bridgehead atoms. The molecule has 0 fully saturated rings. The van der Waals surface area contributed by atoms with Gasteiger partial charge in [0.2, 0.25) is 10.0 Å². The maximum absolute atomic E-state index is 12.8. The molecule has 0 aliphatic rings. The first kappa shape index (κ1) is 23.6. The van der Waals surface area contributed by atoms with Gasteiger partial charge >= 0.3 is 0 Å². The van der Waals surface area contributed by atoms with Crippen LogP contribution in [-0.4, -0.2) is 36.7 Å². The molecule has 31 heavy (non-hydrogen) atoms. The van der Waals surface area contributed by atoms with E-state index in [9.17, 15) is 13.2 Å². The predicted octanol–water partition coefficient (Wildman–Crippen LogP) is 5.79. The summed E-state index contributed by atoms with van der Waals surface area (Å²) in [6.07, 6.45) is 3.00. The highest BCUT2D eigenvalue weighted by Gasteiger charge is 2.23. The van der Waals surface area contributed by atoms with Crippen LogP contribution in [0.15, 0.2) is 65.9 Å². The smallest absolute Gasteiger partial charge is 0.257 e. The lowest BCUT2D eigenvalue weighted by Crippen LogP contribution is -2.31. The molecule has 0 atom stereocenters. The van der Waals surface area contributed by atoms with Crippen molar-refractivity contribution >= 4 is 66.9 Å². The van der Waals surface area contributed by atoms with Crippen LogP contribution in [0.3, 0.4) is 0 Å². The van der Waals surface area contributed by atoms with E-state index in [-0.39, 0.29) is 18.0 Å². The third kappa shape index (κ3) is 5.43. The number of carbonyl (C=O) groups is 1. The summed E-state index contributed by atoms with van der Waals surface area (Å²) in [5, 5.41) is 4.86. The summed E-state index contributed by atoms with van der Waals surface area (Å²) in [4.78, 5) is 17.0. The molecule has 2 heterocycles. The van der Waals surface area contributed by atoms with Crippen LogP contribution in [0, 0.1) is 0 Å². The van der Waals surface area contributed by atoms with Gasteiger partial charge in [0.1, 0.15) is 4.34 Å². The van der Waals surface area contributed by atoms with E-state index in [1.54, 1.807) is 11.4 Å². The van der Waals surface area contributed by atoms with E-state index in [1.807, 2.05) is 0 Å². The molecule has 0 aliphatic carbocycles. The summed E-state index contributed by atoms with van der Waals surface area (Å²) in [6, 6.07) is 7.41. The summed E-state index contributed by atoms with van der Waals surface area (Å²) in [7, 11) is -3.73. The number of nitrogens with zero attached hydrogens (tertiary/aromatic N) is 2. The molecule has 0 spiro atoms. The number of carbonyl (C=O) groups excluding carboxylic acids is 1. The molecule has 1 amide bonds. The van der Waals surface area contributed by atoms with Crippen LogP contribution in [-0.2, 0) is 10.0 Å². The lowest BCUT2D eigenvalue weighted by molar-refractivity contribution is 0.102. The number of benzene rings is 1. The third-order valence-corrected chi connectivity index (χ3v) is 8.17. The molecule has 0 aliphatic heterocycles. The highest BCUT2D eigenvalue weighted by molar-refractivity contribution is 7.89. The molecule has 162 valence electrons.